The van der Waals surface area contributed by atoms with Gasteiger partial charge in [-0.3, -0.25) is 4.79 Å². The Morgan fingerprint density at radius 3 is 2.21 bits per heavy atom. The van der Waals surface area contributed by atoms with E-state index in [2.05, 4.69) is 0 Å². The summed E-state index contributed by atoms with van der Waals surface area (Å²) in [5.41, 5.74) is -0.188. The number of carbonyl (C=O) groups excluding carboxylic acids is 1. The lowest BCUT2D eigenvalue weighted by Crippen LogP contribution is -2.50. The van der Waals surface area contributed by atoms with Crippen LogP contribution >= 0.6 is 0 Å². The lowest BCUT2D eigenvalue weighted by molar-refractivity contribution is -0.171. The third kappa shape index (κ3) is 2.53. The Labute approximate surface area is 115 Å². The van der Waals surface area contributed by atoms with Gasteiger partial charge in [-0.25, -0.2) is 4.39 Å². The van der Waals surface area contributed by atoms with E-state index in [0.29, 0.717) is 12.8 Å². The Morgan fingerprint density at radius 2 is 1.74 bits per heavy atom. The van der Waals surface area contributed by atoms with E-state index in [-0.39, 0.29) is 18.0 Å². The van der Waals surface area contributed by atoms with Gasteiger partial charge in [0.25, 0.3) is 0 Å². The highest BCUT2D eigenvalue weighted by molar-refractivity contribution is 5.77. The molecule has 108 valence electrons. The summed E-state index contributed by atoms with van der Waals surface area (Å²) in [6.45, 7) is 2.08. The second-order valence-corrected chi connectivity index (χ2v) is 7.13. The fraction of sp³-hybridized carbons (Fsp3) is 0.938. The number of carbonyl (C=O) groups is 1. The van der Waals surface area contributed by atoms with E-state index in [9.17, 15) is 9.18 Å². The van der Waals surface area contributed by atoms with Crippen molar-refractivity contribution in [2.24, 2.45) is 23.2 Å². The summed E-state index contributed by atoms with van der Waals surface area (Å²) in [5.74, 6) is 2.24. The Morgan fingerprint density at radius 1 is 1.21 bits per heavy atom. The highest BCUT2D eigenvalue weighted by Gasteiger charge is 2.55. The van der Waals surface area contributed by atoms with Crippen LogP contribution < -0.4 is 0 Å². The van der Waals surface area contributed by atoms with Crippen molar-refractivity contribution >= 4 is 5.97 Å². The molecule has 0 aromatic heterocycles. The van der Waals surface area contributed by atoms with Gasteiger partial charge in [0.05, 0.1) is 12.0 Å². The molecule has 0 spiro atoms. The van der Waals surface area contributed by atoms with Gasteiger partial charge in [0.15, 0.2) is 0 Å². The van der Waals surface area contributed by atoms with Crippen molar-refractivity contribution in [3.05, 3.63) is 0 Å². The normalized spacial score (nSPS) is 41.3. The summed E-state index contributed by atoms with van der Waals surface area (Å²) in [6, 6.07) is 0. The van der Waals surface area contributed by atoms with Crippen LogP contribution in [0.15, 0.2) is 0 Å². The number of alkyl halides is 1. The fourth-order valence-electron chi connectivity index (χ4n) is 5.00. The Kier molecular flexibility index (Phi) is 3.57. The van der Waals surface area contributed by atoms with Crippen molar-refractivity contribution in [3.63, 3.8) is 0 Å². The minimum absolute atomic E-state index is 0.0186. The predicted octanol–water partition coefficient (Wildman–Crippen LogP) is 3.88. The van der Waals surface area contributed by atoms with Crippen LogP contribution in [-0.2, 0) is 9.53 Å². The molecule has 4 aliphatic carbocycles. The molecular formula is C16H25FO2. The summed E-state index contributed by atoms with van der Waals surface area (Å²) in [7, 11) is 0. The third-order valence-corrected chi connectivity index (χ3v) is 5.58. The first-order valence-electron chi connectivity index (χ1n) is 7.92. The van der Waals surface area contributed by atoms with Crippen LogP contribution in [0, 0.1) is 23.2 Å². The van der Waals surface area contributed by atoms with E-state index in [1.807, 2.05) is 6.92 Å². The second kappa shape index (κ2) is 5.06. The van der Waals surface area contributed by atoms with E-state index in [4.69, 9.17) is 4.74 Å². The zero-order valence-corrected chi connectivity index (χ0v) is 11.9. The number of ether oxygens (including phenoxy) is 1. The summed E-state index contributed by atoms with van der Waals surface area (Å²) in [5, 5.41) is 0. The molecule has 4 bridgehead atoms. The Bertz CT molecular complexity index is 317. The highest BCUT2D eigenvalue weighted by atomic mass is 19.1. The van der Waals surface area contributed by atoms with Crippen molar-refractivity contribution in [1.29, 1.82) is 0 Å². The zero-order chi connectivity index (χ0) is 13.5. The average Bonchev–Trinajstić information content (AvgIpc) is 2.36. The molecule has 4 aliphatic rings. The summed E-state index contributed by atoms with van der Waals surface area (Å²) in [6.07, 6.45) is 7.12. The molecule has 0 amide bonds. The number of hydrogen-bond donors (Lipinski definition) is 0. The van der Waals surface area contributed by atoms with Gasteiger partial charge in [-0.2, -0.15) is 0 Å². The standard InChI is InChI=1S/C16H25FO2/c1-2-14(17)3-4-19-15(18)16-8-11-5-12(9-16)7-13(6-11)10-16/h11-14H,2-10H2,1H3. The van der Waals surface area contributed by atoms with E-state index in [1.54, 1.807) is 0 Å². The molecule has 1 atom stereocenters. The molecule has 0 N–H and O–H groups in total. The van der Waals surface area contributed by atoms with E-state index in [1.165, 1.54) is 19.3 Å². The van der Waals surface area contributed by atoms with Crippen LogP contribution in [0.25, 0.3) is 0 Å². The first-order valence-corrected chi connectivity index (χ1v) is 7.92. The van der Waals surface area contributed by atoms with Gasteiger partial charge < -0.3 is 4.74 Å². The zero-order valence-electron chi connectivity index (χ0n) is 11.9. The maximum absolute atomic E-state index is 13.2. The lowest BCUT2D eigenvalue weighted by atomic mass is 9.49. The number of hydrogen-bond acceptors (Lipinski definition) is 2. The minimum Gasteiger partial charge on any atom is -0.465 e. The predicted molar refractivity (Wildman–Crippen MR) is 71.4 cm³/mol. The third-order valence-electron chi connectivity index (χ3n) is 5.58. The van der Waals surface area contributed by atoms with Crippen molar-refractivity contribution in [3.8, 4) is 0 Å². The SMILES string of the molecule is CCC(F)CCOC(=O)C12CC3CC(CC(C3)C1)C2. The quantitative estimate of drug-likeness (QED) is 0.707. The van der Waals surface area contributed by atoms with Gasteiger partial charge in [0, 0.05) is 6.42 Å². The fourth-order valence-corrected chi connectivity index (χ4v) is 5.00. The largest absolute Gasteiger partial charge is 0.465 e. The molecule has 4 saturated carbocycles. The maximum Gasteiger partial charge on any atom is 0.312 e. The minimum atomic E-state index is -0.829. The van der Waals surface area contributed by atoms with Crippen LogP contribution in [0.4, 0.5) is 4.39 Å². The summed E-state index contributed by atoms with van der Waals surface area (Å²) >= 11 is 0. The van der Waals surface area contributed by atoms with Gasteiger partial charge >= 0.3 is 5.97 Å². The molecule has 4 fully saturated rings. The van der Waals surface area contributed by atoms with Gasteiger partial charge in [0.2, 0.25) is 0 Å². The first kappa shape index (κ1) is 13.4. The van der Waals surface area contributed by atoms with Gasteiger partial charge in [-0.05, 0) is 62.7 Å². The van der Waals surface area contributed by atoms with Crippen LogP contribution in [0.2, 0.25) is 0 Å². The molecule has 0 aromatic rings. The van der Waals surface area contributed by atoms with Crippen LogP contribution in [0.5, 0.6) is 0 Å². The first-order chi connectivity index (χ1) is 9.11. The average molecular weight is 268 g/mol. The van der Waals surface area contributed by atoms with Crippen LogP contribution in [0.1, 0.15) is 58.3 Å². The van der Waals surface area contributed by atoms with E-state index < -0.39 is 6.17 Å². The molecule has 3 heteroatoms. The number of halogens is 1. The van der Waals surface area contributed by atoms with E-state index in [0.717, 1.165) is 37.0 Å². The highest BCUT2D eigenvalue weighted by Crippen LogP contribution is 2.60. The molecule has 0 saturated heterocycles. The van der Waals surface area contributed by atoms with Gasteiger partial charge in [-0.1, -0.05) is 6.92 Å². The maximum atomic E-state index is 13.2. The summed E-state index contributed by atoms with van der Waals surface area (Å²) in [4.78, 5) is 12.4. The van der Waals surface area contributed by atoms with Crippen molar-refractivity contribution in [1.82, 2.24) is 0 Å². The summed E-state index contributed by atoms with van der Waals surface area (Å²) < 4.78 is 18.6. The van der Waals surface area contributed by atoms with Crippen molar-refractivity contribution < 1.29 is 13.9 Å². The molecular weight excluding hydrogens is 243 g/mol. The number of esters is 1. The molecule has 0 aromatic carbocycles. The van der Waals surface area contributed by atoms with E-state index >= 15 is 0 Å². The van der Waals surface area contributed by atoms with Crippen LogP contribution in [0.3, 0.4) is 0 Å². The van der Waals surface area contributed by atoms with Gasteiger partial charge in [0.1, 0.15) is 6.17 Å². The number of rotatable bonds is 5. The second-order valence-electron chi connectivity index (χ2n) is 7.13. The molecule has 0 heterocycles. The molecule has 2 nitrogen and oxygen atoms in total. The molecule has 1 unspecified atom stereocenters. The van der Waals surface area contributed by atoms with Gasteiger partial charge in [-0.15, -0.1) is 0 Å². The topological polar surface area (TPSA) is 26.3 Å². The monoisotopic (exact) mass is 268 g/mol. The van der Waals surface area contributed by atoms with Crippen molar-refractivity contribution in [2.75, 3.05) is 6.61 Å². The lowest BCUT2D eigenvalue weighted by Gasteiger charge is -2.55. The van der Waals surface area contributed by atoms with Crippen LogP contribution in [-0.4, -0.2) is 18.7 Å². The molecule has 0 aliphatic heterocycles. The Balaban J connectivity index is 1.57. The Hall–Kier alpha value is -0.600. The smallest absolute Gasteiger partial charge is 0.312 e. The molecule has 0 radical (unpaired) electrons. The molecule has 4 rings (SSSR count). The van der Waals surface area contributed by atoms with Crippen molar-refractivity contribution in [2.45, 2.75) is 64.5 Å². The molecule has 19 heavy (non-hydrogen) atoms.